The van der Waals surface area contributed by atoms with E-state index in [-0.39, 0.29) is 11.7 Å². The SMILES string of the molecule is Cn1ncc(/C=C/C(=O)Nc2ccc(-n3cccn3)cc2)c1-c1ccc(F)cc1. The average Bonchev–Trinajstić information content (AvgIpc) is 3.38. The number of carbonyl (C=O) groups excluding carboxylic acids is 1. The van der Waals surface area contributed by atoms with Crippen LogP contribution in [0.1, 0.15) is 5.56 Å². The quantitative estimate of drug-likeness (QED) is 0.525. The first-order valence-electron chi connectivity index (χ1n) is 8.97. The summed E-state index contributed by atoms with van der Waals surface area (Å²) in [7, 11) is 1.80. The molecular formula is C22H18FN5O. The van der Waals surface area contributed by atoms with Crippen LogP contribution < -0.4 is 5.32 Å². The van der Waals surface area contributed by atoms with Crippen molar-refractivity contribution in [2.75, 3.05) is 5.32 Å². The Kier molecular flexibility index (Phi) is 5.03. The number of aryl methyl sites for hydroxylation is 1. The van der Waals surface area contributed by atoms with Gasteiger partial charge in [-0.25, -0.2) is 9.07 Å². The van der Waals surface area contributed by atoms with Crippen molar-refractivity contribution in [2.45, 2.75) is 0 Å². The molecule has 0 fully saturated rings. The number of benzene rings is 2. The summed E-state index contributed by atoms with van der Waals surface area (Å²) in [6, 6.07) is 15.4. The minimum atomic E-state index is -0.300. The van der Waals surface area contributed by atoms with Crippen LogP contribution in [0.25, 0.3) is 23.0 Å². The van der Waals surface area contributed by atoms with Gasteiger partial charge in [0.05, 0.1) is 17.6 Å². The maximum absolute atomic E-state index is 13.2. The fourth-order valence-electron chi connectivity index (χ4n) is 3.01. The molecule has 7 heteroatoms. The zero-order valence-corrected chi connectivity index (χ0v) is 15.7. The van der Waals surface area contributed by atoms with E-state index in [9.17, 15) is 9.18 Å². The van der Waals surface area contributed by atoms with Crippen molar-refractivity contribution < 1.29 is 9.18 Å². The summed E-state index contributed by atoms with van der Waals surface area (Å²) in [6.45, 7) is 0. The Bertz CT molecular complexity index is 1140. The van der Waals surface area contributed by atoms with Gasteiger partial charge in [0.15, 0.2) is 0 Å². The van der Waals surface area contributed by atoms with Gasteiger partial charge in [0.1, 0.15) is 5.82 Å². The third-order valence-electron chi connectivity index (χ3n) is 4.40. The van der Waals surface area contributed by atoms with Crippen molar-refractivity contribution >= 4 is 17.7 Å². The van der Waals surface area contributed by atoms with Crippen molar-refractivity contribution in [3.63, 3.8) is 0 Å². The molecule has 29 heavy (non-hydrogen) atoms. The topological polar surface area (TPSA) is 64.7 Å². The van der Waals surface area contributed by atoms with Gasteiger partial charge in [0, 0.05) is 42.3 Å². The zero-order chi connectivity index (χ0) is 20.2. The second-order valence-corrected chi connectivity index (χ2v) is 6.40. The summed E-state index contributed by atoms with van der Waals surface area (Å²) in [5.41, 5.74) is 3.98. The van der Waals surface area contributed by atoms with Gasteiger partial charge in [-0.15, -0.1) is 0 Å². The predicted octanol–water partition coefficient (Wildman–Crippen LogP) is 4.06. The molecule has 0 saturated heterocycles. The van der Waals surface area contributed by atoms with E-state index in [0.29, 0.717) is 5.69 Å². The third-order valence-corrected chi connectivity index (χ3v) is 4.40. The van der Waals surface area contributed by atoms with E-state index in [1.165, 1.54) is 18.2 Å². The Morgan fingerprint density at radius 3 is 2.52 bits per heavy atom. The molecule has 144 valence electrons. The molecule has 0 aliphatic heterocycles. The molecule has 0 atom stereocenters. The summed E-state index contributed by atoms with van der Waals surface area (Å²) >= 11 is 0. The number of halogens is 1. The maximum atomic E-state index is 13.2. The Labute approximate surface area is 166 Å². The molecule has 0 unspecified atom stereocenters. The highest BCUT2D eigenvalue weighted by molar-refractivity contribution is 6.02. The Morgan fingerprint density at radius 1 is 1.07 bits per heavy atom. The lowest BCUT2D eigenvalue weighted by molar-refractivity contribution is -0.111. The minimum Gasteiger partial charge on any atom is -0.323 e. The first-order chi connectivity index (χ1) is 14.1. The molecule has 4 rings (SSSR count). The predicted molar refractivity (Wildman–Crippen MR) is 110 cm³/mol. The van der Waals surface area contributed by atoms with E-state index in [1.807, 2.05) is 36.5 Å². The van der Waals surface area contributed by atoms with E-state index in [4.69, 9.17) is 0 Å². The first kappa shape index (κ1) is 18.4. The monoisotopic (exact) mass is 387 g/mol. The fraction of sp³-hybridized carbons (Fsp3) is 0.0455. The van der Waals surface area contributed by atoms with Crippen molar-refractivity contribution in [1.82, 2.24) is 19.6 Å². The lowest BCUT2D eigenvalue weighted by atomic mass is 10.1. The van der Waals surface area contributed by atoms with E-state index in [0.717, 1.165) is 22.5 Å². The van der Waals surface area contributed by atoms with Crippen LogP contribution in [0.2, 0.25) is 0 Å². The molecule has 4 aromatic rings. The van der Waals surface area contributed by atoms with Crippen molar-refractivity contribution in [1.29, 1.82) is 0 Å². The lowest BCUT2D eigenvalue weighted by Gasteiger charge is -2.05. The molecule has 0 saturated carbocycles. The van der Waals surface area contributed by atoms with Crippen LogP contribution in [0.4, 0.5) is 10.1 Å². The van der Waals surface area contributed by atoms with E-state index >= 15 is 0 Å². The number of carbonyl (C=O) groups is 1. The van der Waals surface area contributed by atoms with Gasteiger partial charge in [0.25, 0.3) is 0 Å². The standard InChI is InChI=1S/C22H18FN5O/c1-27-22(16-3-6-18(23)7-4-16)17(15-25-27)5-12-21(29)26-19-8-10-20(11-9-19)28-14-2-13-24-28/h2-15H,1H3,(H,26,29)/b12-5+. The number of aromatic nitrogens is 4. The summed E-state index contributed by atoms with van der Waals surface area (Å²) in [4.78, 5) is 12.3. The summed E-state index contributed by atoms with van der Waals surface area (Å²) in [5.74, 6) is -0.559. The molecule has 6 nitrogen and oxygen atoms in total. The van der Waals surface area contributed by atoms with Crippen LogP contribution in [-0.2, 0) is 11.8 Å². The molecule has 2 aromatic carbocycles. The van der Waals surface area contributed by atoms with Crippen LogP contribution in [0.3, 0.4) is 0 Å². The number of nitrogens with zero attached hydrogens (tertiary/aromatic N) is 4. The molecular weight excluding hydrogens is 369 g/mol. The smallest absolute Gasteiger partial charge is 0.248 e. The van der Waals surface area contributed by atoms with Crippen molar-refractivity contribution in [3.05, 3.63) is 90.6 Å². The Hall–Kier alpha value is -4.00. The van der Waals surface area contributed by atoms with Crippen molar-refractivity contribution in [3.8, 4) is 16.9 Å². The van der Waals surface area contributed by atoms with Crippen LogP contribution >= 0.6 is 0 Å². The van der Waals surface area contributed by atoms with Crippen LogP contribution in [0.15, 0.2) is 79.3 Å². The number of rotatable bonds is 5. The highest BCUT2D eigenvalue weighted by Crippen LogP contribution is 2.24. The van der Waals surface area contributed by atoms with Gasteiger partial charge in [-0.2, -0.15) is 10.2 Å². The summed E-state index contributed by atoms with van der Waals surface area (Å²) < 4.78 is 16.6. The van der Waals surface area contributed by atoms with E-state index in [2.05, 4.69) is 15.5 Å². The van der Waals surface area contributed by atoms with Gasteiger partial charge >= 0.3 is 0 Å². The number of nitrogens with one attached hydrogen (secondary N) is 1. The molecule has 2 aromatic heterocycles. The zero-order valence-electron chi connectivity index (χ0n) is 15.7. The van der Waals surface area contributed by atoms with Gasteiger partial charge < -0.3 is 5.32 Å². The van der Waals surface area contributed by atoms with Gasteiger partial charge in [-0.3, -0.25) is 9.48 Å². The summed E-state index contributed by atoms with van der Waals surface area (Å²) in [6.07, 6.45) is 8.37. The number of amides is 1. The summed E-state index contributed by atoms with van der Waals surface area (Å²) in [5, 5.41) is 11.2. The molecule has 1 amide bonds. The minimum absolute atomic E-state index is 0.259. The normalized spacial score (nSPS) is 11.1. The molecule has 0 bridgehead atoms. The number of hydrogen-bond donors (Lipinski definition) is 1. The van der Waals surface area contributed by atoms with Gasteiger partial charge in [-0.1, -0.05) is 0 Å². The lowest BCUT2D eigenvalue weighted by Crippen LogP contribution is -2.07. The average molecular weight is 387 g/mol. The van der Waals surface area contributed by atoms with Crippen molar-refractivity contribution in [2.24, 2.45) is 7.05 Å². The maximum Gasteiger partial charge on any atom is 0.248 e. The number of hydrogen-bond acceptors (Lipinski definition) is 3. The highest BCUT2D eigenvalue weighted by Gasteiger charge is 2.09. The second kappa shape index (κ2) is 7.93. The van der Waals surface area contributed by atoms with Crippen LogP contribution in [0, 0.1) is 5.82 Å². The molecule has 2 heterocycles. The third kappa shape index (κ3) is 4.14. The van der Waals surface area contributed by atoms with E-state index in [1.54, 1.807) is 47.0 Å². The first-order valence-corrected chi connectivity index (χ1v) is 8.97. The van der Waals surface area contributed by atoms with E-state index < -0.39 is 0 Å². The van der Waals surface area contributed by atoms with Gasteiger partial charge in [-0.05, 0) is 60.7 Å². The largest absolute Gasteiger partial charge is 0.323 e. The fourth-order valence-corrected chi connectivity index (χ4v) is 3.01. The number of anilines is 1. The van der Waals surface area contributed by atoms with Crippen LogP contribution in [0.5, 0.6) is 0 Å². The molecule has 0 radical (unpaired) electrons. The Balaban J connectivity index is 1.47. The molecule has 0 spiro atoms. The molecule has 1 N–H and O–H groups in total. The molecule has 0 aliphatic rings. The van der Waals surface area contributed by atoms with Crippen LogP contribution in [-0.4, -0.2) is 25.5 Å². The second-order valence-electron chi connectivity index (χ2n) is 6.40. The Morgan fingerprint density at radius 2 is 1.83 bits per heavy atom. The highest BCUT2D eigenvalue weighted by atomic mass is 19.1. The molecule has 0 aliphatic carbocycles. The van der Waals surface area contributed by atoms with Gasteiger partial charge in [0.2, 0.25) is 5.91 Å².